The summed E-state index contributed by atoms with van der Waals surface area (Å²) in [5, 5.41) is 3.47. The first-order valence-corrected chi connectivity index (χ1v) is 7.65. The first kappa shape index (κ1) is 14.8. The Morgan fingerprint density at radius 2 is 2.00 bits per heavy atom. The summed E-state index contributed by atoms with van der Waals surface area (Å²) >= 11 is 0. The van der Waals surface area contributed by atoms with Crippen molar-refractivity contribution in [3.8, 4) is 0 Å². The Labute approximate surface area is 129 Å². The Morgan fingerprint density at radius 1 is 1.32 bits per heavy atom. The van der Waals surface area contributed by atoms with E-state index in [0.717, 1.165) is 18.7 Å². The molecule has 0 unspecified atom stereocenters. The first-order valence-electron chi connectivity index (χ1n) is 7.65. The predicted octanol–water partition coefficient (Wildman–Crippen LogP) is 2.19. The lowest BCUT2D eigenvalue weighted by Crippen LogP contribution is -2.44. The van der Waals surface area contributed by atoms with E-state index in [9.17, 15) is 9.59 Å². The molecular formula is C17H21N3O2. The number of hydrogen-bond acceptors (Lipinski definition) is 3. The number of carbonyl (C=O) groups excluding carboxylic acids is 1. The molecule has 1 amide bonds. The quantitative estimate of drug-likeness (QED) is 0.945. The molecule has 0 spiro atoms. The van der Waals surface area contributed by atoms with Gasteiger partial charge in [0.25, 0.3) is 5.56 Å². The van der Waals surface area contributed by atoms with Crippen LogP contribution in [0.5, 0.6) is 0 Å². The minimum absolute atomic E-state index is 0.0276. The van der Waals surface area contributed by atoms with Gasteiger partial charge >= 0.3 is 0 Å². The van der Waals surface area contributed by atoms with Crippen LogP contribution in [0, 0.1) is 0 Å². The zero-order chi connectivity index (χ0) is 15.9. The van der Waals surface area contributed by atoms with E-state index >= 15 is 0 Å². The molecule has 3 rings (SSSR count). The smallest absolute Gasteiger partial charge is 0.261 e. The molecule has 0 saturated heterocycles. The van der Waals surface area contributed by atoms with Gasteiger partial charge in [0.15, 0.2) is 0 Å². The van der Waals surface area contributed by atoms with E-state index in [2.05, 4.69) is 10.3 Å². The van der Waals surface area contributed by atoms with Crippen molar-refractivity contribution >= 4 is 16.8 Å². The van der Waals surface area contributed by atoms with Crippen LogP contribution in [0.2, 0.25) is 0 Å². The highest BCUT2D eigenvalue weighted by molar-refractivity contribution is 5.79. The van der Waals surface area contributed by atoms with Crippen molar-refractivity contribution in [2.75, 3.05) is 0 Å². The molecule has 1 heterocycles. The minimum atomic E-state index is -0.315. The molecule has 0 atom stereocenters. The molecule has 1 fully saturated rings. The summed E-state index contributed by atoms with van der Waals surface area (Å²) < 4.78 is 1.54. The van der Waals surface area contributed by atoms with Crippen molar-refractivity contribution in [2.45, 2.75) is 51.6 Å². The van der Waals surface area contributed by atoms with Crippen molar-refractivity contribution in [3.05, 3.63) is 40.4 Å². The lowest BCUT2D eigenvalue weighted by atomic mass is 10.1. The predicted molar refractivity (Wildman–Crippen MR) is 85.9 cm³/mol. The second-order valence-electron chi connectivity index (χ2n) is 6.95. The summed E-state index contributed by atoms with van der Waals surface area (Å²) in [6, 6.07) is 7.31. The summed E-state index contributed by atoms with van der Waals surface area (Å²) in [6.45, 7) is 5.80. The molecule has 0 radical (unpaired) electrons. The molecule has 1 aliphatic carbocycles. The number of fused-ring (bicyclic) bond motifs is 1. The molecule has 0 aliphatic heterocycles. The van der Waals surface area contributed by atoms with Gasteiger partial charge in [-0.25, -0.2) is 4.98 Å². The summed E-state index contributed by atoms with van der Waals surface area (Å²) in [7, 11) is 0. The number of nitrogens with zero attached hydrogens (tertiary/aromatic N) is 2. The monoisotopic (exact) mass is 299 g/mol. The molecule has 1 N–H and O–H groups in total. The highest BCUT2D eigenvalue weighted by Gasteiger charge is 2.30. The molecule has 1 saturated carbocycles. The molecule has 1 aliphatic rings. The molecule has 1 aromatic carbocycles. The fourth-order valence-corrected chi connectivity index (χ4v) is 2.59. The maximum Gasteiger partial charge on any atom is 0.261 e. The van der Waals surface area contributed by atoms with Crippen LogP contribution in [-0.2, 0) is 11.3 Å². The number of carbonyl (C=O) groups is 1. The Hall–Kier alpha value is -2.17. The number of nitrogens with one attached hydrogen (secondary N) is 1. The fraction of sp³-hybridized carbons (Fsp3) is 0.471. The maximum absolute atomic E-state index is 12.7. The van der Waals surface area contributed by atoms with Gasteiger partial charge in [-0.15, -0.1) is 0 Å². The molecule has 116 valence electrons. The Kier molecular flexibility index (Phi) is 3.51. The Morgan fingerprint density at radius 3 is 2.64 bits per heavy atom. The van der Waals surface area contributed by atoms with Crippen LogP contribution in [0.4, 0.5) is 0 Å². The van der Waals surface area contributed by atoms with Gasteiger partial charge < -0.3 is 5.32 Å². The van der Waals surface area contributed by atoms with Crippen molar-refractivity contribution in [1.82, 2.24) is 14.9 Å². The van der Waals surface area contributed by atoms with E-state index in [1.54, 1.807) is 10.6 Å². The van der Waals surface area contributed by atoms with Crippen molar-refractivity contribution in [3.63, 3.8) is 0 Å². The van der Waals surface area contributed by atoms with Gasteiger partial charge in [0.05, 0.1) is 10.9 Å². The second-order valence-corrected chi connectivity index (χ2v) is 6.95. The SMILES string of the molecule is CC(C)(C)NC(=O)Cn1c(C2CC2)nc2ccccc2c1=O. The van der Waals surface area contributed by atoms with E-state index in [0.29, 0.717) is 16.8 Å². The highest BCUT2D eigenvalue weighted by Crippen LogP contribution is 2.38. The maximum atomic E-state index is 12.7. The van der Waals surface area contributed by atoms with Gasteiger partial charge in [-0.3, -0.25) is 14.2 Å². The fourth-order valence-electron chi connectivity index (χ4n) is 2.59. The van der Waals surface area contributed by atoms with Crippen LogP contribution in [0.1, 0.15) is 45.4 Å². The molecule has 0 bridgehead atoms. The first-order chi connectivity index (χ1) is 10.3. The Balaban J connectivity index is 2.03. The van der Waals surface area contributed by atoms with Gasteiger partial charge in [-0.05, 0) is 45.7 Å². The summed E-state index contributed by atoms with van der Waals surface area (Å²) in [4.78, 5) is 29.6. The standard InChI is InChI=1S/C17H21N3O2/c1-17(2,3)19-14(21)10-20-15(11-8-9-11)18-13-7-5-4-6-12(13)16(20)22/h4-7,11H,8-10H2,1-3H3,(H,19,21). The third-order valence-corrected chi connectivity index (χ3v) is 3.65. The topological polar surface area (TPSA) is 64.0 Å². The van der Waals surface area contributed by atoms with Gasteiger partial charge in [0.1, 0.15) is 12.4 Å². The van der Waals surface area contributed by atoms with E-state index in [4.69, 9.17) is 0 Å². The molecule has 5 nitrogen and oxygen atoms in total. The van der Waals surface area contributed by atoms with E-state index in [1.165, 1.54) is 0 Å². The highest BCUT2D eigenvalue weighted by atomic mass is 16.2. The van der Waals surface area contributed by atoms with Gasteiger partial charge in [-0.2, -0.15) is 0 Å². The van der Waals surface area contributed by atoms with E-state index in [1.807, 2.05) is 39.0 Å². The van der Waals surface area contributed by atoms with Crippen molar-refractivity contribution in [1.29, 1.82) is 0 Å². The minimum Gasteiger partial charge on any atom is -0.350 e. The molecule has 1 aromatic heterocycles. The number of para-hydroxylation sites is 1. The van der Waals surface area contributed by atoms with Gasteiger partial charge in [0.2, 0.25) is 5.91 Å². The number of hydrogen-bond donors (Lipinski definition) is 1. The molecule has 22 heavy (non-hydrogen) atoms. The lowest BCUT2D eigenvalue weighted by molar-refractivity contribution is -0.123. The van der Waals surface area contributed by atoms with Crippen LogP contribution >= 0.6 is 0 Å². The average molecular weight is 299 g/mol. The average Bonchev–Trinajstić information content (AvgIpc) is 3.24. The van der Waals surface area contributed by atoms with Crippen LogP contribution < -0.4 is 10.9 Å². The largest absolute Gasteiger partial charge is 0.350 e. The van der Waals surface area contributed by atoms with Gasteiger partial charge in [-0.1, -0.05) is 12.1 Å². The molecule has 2 aromatic rings. The summed E-state index contributed by atoms with van der Waals surface area (Å²) in [6.07, 6.45) is 2.07. The second kappa shape index (κ2) is 5.23. The lowest BCUT2D eigenvalue weighted by Gasteiger charge is -2.21. The molecule has 5 heteroatoms. The third-order valence-electron chi connectivity index (χ3n) is 3.65. The van der Waals surface area contributed by atoms with Gasteiger partial charge in [0, 0.05) is 11.5 Å². The zero-order valence-electron chi connectivity index (χ0n) is 13.2. The Bertz CT molecular complexity index is 783. The van der Waals surface area contributed by atoms with Crippen LogP contribution in [0.25, 0.3) is 10.9 Å². The third kappa shape index (κ3) is 3.03. The number of rotatable bonds is 3. The van der Waals surface area contributed by atoms with Crippen LogP contribution in [-0.4, -0.2) is 21.0 Å². The summed E-state index contributed by atoms with van der Waals surface area (Å²) in [5.41, 5.74) is 0.267. The number of amides is 1. The van der Waals surface area contributed by atoms with E-state index in [-0.39, 0.29) is 23.6 Å². The normalized spacial score (nSPS) is 15.0. The number of benzene rings is 1. The van der Waals surface area contributed by atoms with Crippen molar-refractivity contribution in [2.24, 2.45) is 0 Å². The summed E-state index contributed by atoms with van der Waals surface area (Å²) in [5.74, 6) is 0.890. The van der Waals surface area contributed by atoms with E-state index < -0.39 is 0 Å². The zero-order valence-corrected chi connectivity index (χ0v) is 13.2. The van der Waals surface area contributed by atoms with Crippen LogP contribution in [0.15, 0.2) is 29.1 Å². The molecular weight excluding hydrogens is 278 g/mol. The number of aromatic nitrogens is 2. The van der Waals surface area contributed by atoms with Crippen molar-refractivity contribution < 1.29 is 4.79 Å². The van der Waals surface area contributed by atoms with Crippen LogP contribution in [0.3, 0.4) is 0 Å².